The molecular weight excluding hydrogens is 300 g/mol. The highest BCUT2D eigenvalue weighted by Crippen LogP contribution is 2.10. The number of hydrogen-bond acceptors (Lipinski definition) is 8. The molecule has 114 valence electrons. The number of esters is 1. The predicted octanol–water partition coefficient (Wildman–Crippen LogP) is -0.349. The fourth-order valence-corrected chi connectivity index (χ4v) is 2.21. The van der Waals surface area contributed by atoms with E-state index in [4.69, 9.17) is 0 Å². The third kappa shape index (κ3) is 10.9. The van der Waals surface area contributed by atoms with Crippen LogP contribution in [0.25, 0.3) is 0 Å². The van der Waals surface area contributed by atoms with Gasteiger partial charge in [0.05, 0.1) is 26.2 Å². The molecule has 0 aromatic rings. The van der Waals surface area contributed by atoms with Gasteiger partial charge in [-0.15, -0.1) is 0 Å². The quantitative estimate of drug-likeness (QED) is 0.322. The first kappa shape index (κ1) is 18.3. The van der Waals surface area contributed by atoms with Gasteiger partial charge in [-0.25, -0.2) is 4.79 Å². The van der Waals surface area contributed by atoms with E-state index in [1.54, 1.807) is 0 Å². The Bertz CT molecular complexity index is 478. The molecule has 0 aliphatic rings. The molecule has 0 aromatic carbocycles. The molecule has 0 amide bonds. The summed E-state index contributed by atoms with van der Waals surface area (Å²) < 4.78 is 56.7. The number of methoxy groups -OCH3 is 1. The zero-order chi connectivity index (χ0) is 15.1. The highest BCUT2D eigenvalue weighted by atomic mass is 32.2. The number of rotatable bonds is 9. The minimum Gasteiger partial charge on any atom is -0.467 e. The van der Waals surface area contributed by atoms with Crippen LogP contribution in [0.5, 0.6) is 0 Å². The highest BCUT2D eigenvalue weighted by molar-refractivity contribution is 7.86. The van der Waals surface area contributed by atoms with E-state index in [-0.39, 0.29) is 13.0 Å². The van der Waals surface area contributed by atoms with E-state index >= 15 is 0 Å². The molecule has 0 N–H and O–H groups in total. The molecule has 0 rings (SSSR count). The summed E-state index contributed by atoms with van der Waals surface area (Å²) in [5.74, 6) is -0.797. The summed E-state index contributed by atoms with van der Waals surface area (Å²) in [6, 6.07) is 0. The van der Waals surface area contributed by atoms with Crippen molar-refractivity contribution in [1.29, 1.82) is 0 Å². The van der Waals surface area contributed by atoms with Gasteiger partial charge in [0.2, 0.25) is 0 Å². The molecule has 1 unspecified atom stereocenters. The molecule has 0 spiro atoms. The number of hydrogen-bond donors (Lipinski definition) is 0. The molecule has 0 aliphatic carbocycles. The van der Waals surface area contributed by atoms with Gasteiger partial charge in [0.1, 0.15) is 0 Å². The van der Waals surface area contributed by atoms with Crippen molar-refractivity contribution < 1.29 is 34.7 Å². The van der Waals surface area contributed by atoms with Crippen LogP contribution in [-0.4, -0.2) is 55.1 Å². The third-order valence-electron chi connectivity index (χ3n) is 1.91. The van der Waals surface area contributed by atoms with Gasteiger partial charge in [-0.05, 0) is 19.3 Å². The summed E-state index contributed by atoms with van der Waals surface area (Å²) in [5, 5.41) is 0. The lowest BCUT2D eigenvalue weighted by Gasteiger charge is -2.13. The van der Waals surface area contributed by atoms with Crippen molar-refractivity contribution in [2.24, 2.45) is 0 Å². The van der Waals surface area contributed by atoms with E-state index in [2.05, 4.69) is 13.1 Å². The normalized spacial score (nSPS) is 14.1. The van der Waals surface area contributed by atoms with Crippen LogP contribution in [0.1, 0.15) is 19.3 Å². The molecule has 8 nitrogen and oxygen atoms in total. The molecule has 0 aliphatic heterocycles. The van der Waals surface area contributed by atoms with E-state index in [0.29, 0.717) is 12.8 Å². The van der Waals surface area contributed by atoms with Crippen molar-refractivity contribution in [1.82, 2.24) is 0 Å². The predicted molar refractivity (Wildman–Crippen MR) is 66.4 cm³/mol. The van der Waals surface area contributed by atoms with Gasteiger partial charge >= 0.3 is 5.97 Å². The van der Waals surface area contributed by atoms with E-state index in [9.17, 15) is 21.6 Å². The summed E-state index contributed by atoms with van der Waals surface area (Å²) in [7, 11) is -6.15. The number of unbranched alkanes of at least 4 members (excludes halogenated alkanes) is 1. The highest BCUT2D eigenvalue weighted by Gasteiger charge is 2.24. The second-order valence-electron chi connectivity index (χ2n) is 3.83. The molecule has 0 bridgehead atoms. The van der Waals surface area contributed by atoms with Crippen LogP contribution in [0.15, 0.2) is 0 Å². The Morgan fingerprint density at radius 2 is 1.63 bits per heavy atom. The fraction of sp³-hybridized carbons (Fsp3) is 0.889. The lowest BCUT2D eigenvalue weighted by atomic mass is 10.1. The van der Waals surface area contributed by atoms with Gasteiger partial charge in [-0.1, -0.05) is 0 Å². The van der Waals surface area contributed by atoms with E-state index < -0.39 is 32.3 Å². The van der Waals surface area contributed by atoms with Crippen molar-refractivity contribution >= 4 is 26.2 Å². The summed E-state index contributed by atoms with van der Waals surface area (Å²) in [6.45, 7) is -0.0361. The summed E-state index contributed by atoms with van der Waals surface area (Å²) in [6.07, 6.45) is 1.32. The van der Waals surface area contributed by atoms with E-state index in [0.717, 1.165) is 19.6 Å². The number of carbonyl (C=O) groups is 1. The Morgan fingerprint density at radius 3 is 2.05 bits per heavy atom. The molecule has 0 aromatic heterocycles. The Kier molecular flexibility index (Phi) is 7.49. The molecule has 0 saturated carbocycles. The topological polar surface area (TPSA) is 113 Å². The van der Waals surface area contributed by atoms with Crippen molar-refractivity contribution in [3.63, 3.8) is 0 Å². The van der Waals surface area contributed by atoms with Crippen LogP contribution in [0.2, 0.25) is 0 Å². The summed E-state index contributed by atoms with van der Waals surface area (Å²) >= 11 is 0. The maximum Gasteiger partial charge on any atom is 0.336 e. The van der Waals surface area contributed by atoms with Crippen molar-refractivity contribution in [3.05, 3.63) is 0 Å². The monoisotopic (exact) mass is 318 g/mol. The first-order valence-corrected chi connectivity index (χ1v) is 8.99. The fourth-order valence-electron chi connectivity index (χ4n) is 1.19. The molecule has 10 heteroatoms. The Balaban J connectivity index is 4.18. The first-order valence-electron chi connectivity index (χ1n) is 5.35. The van der Waals surface area contributed by atoms with Gasteiger partial charge in [-0.2, -0.15) is 16.8 Å². The maximum atomic E-state index is 11.3. The molecule has 1 atom stereocenters. The van der Waals surface area contributed by atoms with Crippen LogP contribution in [0.3, 0.4) is 0 Å². The Hall–Kier alpha value is -0.710. The minimum absolute atomic E-state index is 0.0361. The molecule has 0 radical (unpaired) electrons. The van der Waals surface area contributed by atoms with Crippen LogP contribution in [0.4, 0.5) is 0 Å². The largest absolute Gasteiger partial charge is 0.467 e. The Labute approximate surface area is 113 Å². The van der Waals surface area contributed by atoms with Gasteiger partial charge < -0.3 is 4.74 Å². The van der Waals surface area contributed by atoms with Crippen molar-refractivity contribution in [2.75, 3.05) is 26.2 Å². The molecule has 0 fully saturated rings. The Morgan fingerprint density at radius 1 is 1.05 bits per heavy atom. The summed E-state index contributed by atoms with van der Waals surface area (Å²) in [4.78, 5) is 11.3. The zero-order valence-electron chi connectivity index (χ0n) is 11.0. The number of ether oxygens (including phenoxy) is 1. The molecule has 19 heavy (non-hydrogen) atoms. The van der Waals surface area contributed by atoms with Crippen LogP contribution < -0.4 is 0 Å². The first-order chi connectivity index (χ1) is 8.55. The van der Waals surface area contributed by atoms with Gasteiger partial charge in [0, 0.05) is 0 Å². The second kappa shape index (κ2) is 7.78. The van der Waals surface area contributed by atoms with Crippen LogP contribution in [0, 0.1) is 0 Å². The van der Waals surface area contributed by atoms with Crippen molar-refractivity contribution in [3.8, 4) is 0 Å². The lowest BCUT2D eigenvalue weighted by Crippen LogP contribution is -2.28. The number of carbonyl (C=O) groups excluding carboxylic acids is 1. The van der Waals surface area contributed by atoms with Crippen LogP contribution in [-0.2, 0) is 38.1 Å². The van der Waals surface area contributed by atoms with Gasteiger partial charge in [-0.3, -0.25) is 8.37 Å². The minimum atomic E-state index is -3.77. The average Bonchev–Trinajstić information content (AvgIpc) is 2.22. The third-order valence-corrected chi connectivity index (χ3v) is 3.09. The van der Waals surface area contributed by atoms with E-state index in [1.165, 1.54) is 0 Å². The average molecular weight is 318 g/mol. The second-order valence-corrected chi connectivity index (χ2v) is 7.08. The smallest absolute Gasteiger partial charge is 0.336 e. The summed E-state index contributed by atoms with van der Waals surface area (Å²) in [5.41, 5.74) is 0. The SMILES string of the molecule is COC(=O)C(CCCCOS(C)(=O)=O)OS(C)(=O)=O. The van der Waals surface area contributed by atoms with E-state index in [1.807, 2.05) is 0 Å². The van der Waals surface area contributed by atoms with Gasteiger partial charge in [0.25, 0.3) is 20.2 Å². The molecule has 0 heterocycles. The zero-order valence-corrected chi connectivity index (χ0v) is 12.6. The lowest BCUT2D eigenvalue weighted by molar-refractivity contribution is -0.149. The van der Waals surface area contributed by atoms with Gasteiger partial charge in [0.15, 0.2) is 6.10 Å². The standard InChI is InChI=1S/C9H18O8S2/c1-15-9(10)8(17-19(3,13)14)6-4-5-7-16-18(2,11)12/h8H,4-7H2,1-3H3. The maximum absolute atomic E-state index is 11.3. The molecular formula is C9H18O8S2. The molecule has 0 saturated heterocycles. The van der Waals surface area contributed by atoms with Crippen molar-refractivity contribution in [2.45, 2.75) is 25.4 Å². The van der Waals surface area contributed by atoms with Crippen LogP contribution >= 0.6 is 0 Å².